The van der Waals surface area contributed by atoms with Crippen molar-refractivity contribution < 1.29 is 4.74 Å². The van der Waals surface area contributed by atoms with Gasteiger partial charge in [-0.1, -0.05) is 84.9 Å². The van der Waals surface area contributed by atoms with E-state index >= 15 is 0 Å². The van der Waals surface area contributed by atoms with E-state index in [-0.39, 0.29) is 0 Å². The molecule has 0 saturated carbocycles. The molecule has 1 heterocycles. The van der Waals surface area contributed by atoms with Gasteiger partial charge in [0.15, 0.2) is 0 Å². The van der Waals surface area contributed by atoms with Gasteiger partial charge in [0.25, 0.3) is 0 Å². The summed E-state index contributed by atoms with van der Waals surface area (Å²) < 4.78 is 6.02. The highest BCUT2D eigenvalue weighted by Gasteiger charge is 2.07. The van der Waals surface area contributed by atoms with Crippen LogP contribution in [0.5, 0.6) is 5.75 Å². The average molecular weight is 354 g/mol. The van der Waals surface area contributed by atoms with E-state index in [0.29, 0.717) is 12.4 Å². The van der Waals surface area contributed by atoms with Crippen LogP contribution >= 0.6 is 0 Å². The summed E-state index contributed by atoms with van der Waals surface area (Å²) in [6.07, 6.45) is 4.08. The van der Waals surface area contributed by atoms with Gasteiger partial charge in [-0.05, 0) is 22.4 Å². The smallest absolute Gasteiger partial charge is 0.205 e. The van der Waals surface area contributed by atoms with Crippen LogP contribution in [-0.4, -0.2) is 20.6 Å². The van der Waals surface area contributed by atoms with Gasteiger partial charge in [-0.3, -0.25) is 0 Å². The van der Waals surface area contributed by atoms with Crippen molar-refractivity contribution in [2.45, 2.75) is 6.61 Å². The second-order valence-corrected chi connectivity index (χ2v) is 5.97. The Morgan fingerprint density at radius 1 is 0.778 bits per heavy atom. The molecule has 3 aromatic carbocycles. The number of aromatic nitrogens is 4. The first-order valence-electron chi connectivity index (χ1n) is 8.67. The third-order valence-electron chi connectivity index (χ3n) is 4.15. The summed E-state index contributed by atoms with van der Waals surface area (Å²) in [5, 5.41) is 14.3. The lowest BCUT2D eigenvalue weighted by molar-refractivity contribution is 0.305. The molecule has 0 aliphatic carbocycles. The van der Waals surface area contributed by atoms with Crippen LogP contribution in [0.25, 0.3) is 23.5 Å². The van der Waals surface area contributed by atoms with E-state index in [1.165, 1.54) is 0 Å². The average Bonchev–Trinajstić information content (AvgIpc) is 3.27. The Bertz CT molecular complexity index is 1030. The molecule has 5 nitrogen and oxygen atoms in total. The zero-order valence-electron chi connectivity index (χ0n) is 14.6. The minimum absolute atomic E-state index is 0.533. The molecule has 0 radical (unpaired) electrons. The van der Waals surface area contributed by atoms with E-state index in [4.69, 9.17) is 4.74 Å². The molecule has 0 amide bonds. The Morgan fingerprint density at radius 3 is 2.30 bits per heavy atom. The van der Waals surface area contributed by atoms with Crippen molar-refractivity contribution in [1.29, 1.82) is 0 Å². The SMILES string of the molecule is C(=Cc1ccccc1-c1nn[nH]n1)c1ccccc1OCc1ccccc1. The van der Waals surface area contributed by atoms with Crippen molar-refractivity contribution in [3.8, 4) is 17.1 Å². The Kier molecular flexibility index (Phi) is 5.02. The van der Waals surface area contributed by atoms with E-state index in [9.17, 15) is 0 Å². The maximum Gasteiger partial charge on any atom is 0.205 e. The summed E-state index contributed by atoms with van der Waals surface area (Å²) in [6, 6.07) is 26.1. The summed E-state index contributed by atoms with van der Waals surface area (Å²) in [4.78, 5) is 0. The van der Waals surface area contributed by atoms with Crippen molar-refractivity contribution in [1.82, 2.24) is 20.6 Å². The Balaban J connectivity index is 1.57. The Hall–Kier alpha value is -3.73. The fourth-order valence-corrected chi connectivity index (χ4v) is 2.79. The molecule has 0 saturated heterocycles. The quantitative estimate of drug-likeness (QED) is 0.513. The topological polar surface area (TPSA) is 63.7 Å². The van der Waals surface area contributed by atoms with Gasteiger partial charge in [0.2, 0.25) is 5.82 Å². The van der Waals surface area contributed by atoms with Crippen molar-refractivity contribution >= 4 is 12.2 Å². The minimum atomic E-state index is 0.533. The summed E-state index contributed by atoms with van der Waals surface area (Å²) in [5.41, 5.74) is 4.08. The van der Waals surface area contributed by atoms with Gasteiger partial charge in [-0.15, -0.1) is 10.2 Å². The molecule has 1 N–H and O–H groups in total. The third kappa shape index (κ3) is 4.10. The van der Waals surface area contributed by atoms with Crippen molar-refractivity contribution in [2.24, 2.45) is 0 Å². The summed E-state index contributed by atoms with van der Waals surface area (Å²) in [6.45, 7) is 0.533. The van der Waals surface area contributed by atoms with Crippen LogP contribution in [-0.2, 0) is 6.61 Å². The largest absolute Gasteiger partial charge is 0.488 e. The van der Waals surface area contributed by atoms with Crippen LogP contribution in [0.3, 0.4) is 0 Å². The van der Waals surface area contributed by atoms with Gasteiger partial charge in [0.1, 0.15) is 12.4 Å². The van der Waals surface area contributed by atoms with Crippen molar-refractivity contribution in [2.75, 3.05) is 0 Å². The van der Waals surface area contributed by atoms with E-state index < -0.39 is 0 Å². The molecule has 0 spiro atoms. The van der Waals surface area contributed by atoms with E-state index in [2.05, 4.69) is 32.8 Å². The summed E-state index contributed by atoms with van der Waals surface area (Å²) in [5.74, 6) is 1.42. The van der Waals surface area contributed by atoms with Crippen LogP contribution in [0.2, 0.25) is 0 Å². The molecule has 132 valence electrons. The van der Waals surface area contributed by atoms with Gasteiger partial charge in [0.05, 0.1) is 0 Å². The fraction of sp³-hybridized carbons (Fsp3) is 0.0455. The number of H-pyrrole nitrogens is 1. The zero-order chi connectivity index (χ0) is 18.3. The molecule has 4 rings (SSSR count). The van der Waals surface area contributed by atoms with Gasteiger partial charge in [0, 0.05) is 11.1 Å². The summed E-state index contributed by atoms with van der Waals surface area (Å²) >= 11 is 0. The van der Waals surface area contributed by atoms with E-state index in [1.54, 1.807) is 0 Å². The maximum atomic E-state index is 6.02. The lowest BCUT2D eigenvalue weighted by atomic mass is 10.1. The first-order chi connectivity index (χ1) is 13.4. The first kappa shape index (κ1) is 16.7. The monoisotopic (exact) mass is 354 g/mol. The number of hydrogen-bond donors (Lipinski definition) is 1. The number of nitrogens with zero attached hydrogens (tertiary/aromatic N) is 3. The van der Waals surface area contributed by atoms with Crippen molar-refractivity contribution in [3.05, 3.63) is 95.6 Å². The number of rotatable bonds is 6. The molecular weight excluding hydrogens is 336 g/mol. The lowest BCUT2D eigenvalue weighted by Crippen LogP contribution is -1.96. The molecule has 0 unspecified atom stereocenters. The number of para-hydroxylation sites is 1. The highest BCUT2D eigenvalue weighted by Crippen LogP contribution is 2.25. The highest BCUT2D eigenvalue weighted by atomic mass is 16.5. The molecule has 0 fully saturated rings. The molecule has 4 aromatic rings. The van der Waals surface area contributed by atoms with E-state index in [0.717, 1.165) is 28.0 Å². The molecule has 27 heavy (non-hydrogen) atoms. The molecule has 0 bridgehead atoms. The van der Waals surface area contributed by atoms with Crippen LogP contribution in [0.4, 0.5) is 0 Å². The van der Waals surface area contributed by atoms with Gasteiger partial charge >= 0.3 is 0 Å². The van der Waals surface area contributed by atoms with Crippen LogP contribution in [0, 0.1) is 0 Å². The van der Waals surface area contributed by atoms with Crippen LogP contribution < -0.4 is 4.74 Å². The number of ether oxygens (including phenoxy) is 1. The molecule has 0 aliphatic rings. The predicted molar refractivity (Wildman–Crippen MR) is 106 cm³/mol. The number of hydrogen-bond acceptors (Lipinski definition) is 4. The second-order valence-electron chi connectivity index (χ2n) is 5.97. The van der Waals surface area contributed by atoms with Gasteiger partial charge < -0.3 is 4.74 Å². The summed E-state index contributed by atoms with van der Waals surface area (Å²) in [7, 11) is 0. The number of aromatic amines is 1. The second kappa shape index (κ2) is 8.10. The van der Waals surface area contributed by atoms with E-state index in [1.807, 2.05) is 78.9 Å². The maximum absolute atomic E-state index is 6.02. The zero-order valence-corrected chi connectivity index (χ0v) is 14.6. The molecule has 0 aliphatic heterocycles. The molecule has 0 atom stereocenters. The van der Waals surface area contributed by atoms with Gasteiger partial charge in [-0.2, -0.15) is 5.21 Å². The van der Waals surface area contributed by atoms with Crippen LogP contribution in [0.1, 0.15) is 16.7 Å². The molecule has 5 heteroatoms. The fourth-order valence-electron chi connectivity index (χ4n) is 2.79. The number of tetrazole rings is 1. The third-order valence-corrected chi connectivity index (χ3v) is 4.15. The standard InChI is InChI=1S/C22H18N4O/c1-2-8-17(9-3-1)16-27-21-13-7-5-11-19(21)15-14-18-10-4-6-12-20(18)22-23-25-26-24-22/h1-15H,16H2,(H,23,24,25,26). The predicted octanol–water partition coefficient (Wildman–Crippen LogP) is 4.62. The normalized spacial score (nSPS) is 11.0. The number of benzene rings is 3. The van der Waals surface area contributed by atoms with Crippen LogP contribution in [0.15, 0.2) is 78.9 Å². The Morgan fingerprint density at radius 2 is 1.48 bits per heavy atom. The first-order valence-corrected chi connectivity index (χ1v) is 8.67. The Labute approximate surface area is 157 Å². The lowest BCUT2D eigenvalue weighted by Gasteiger charge is -2.09. The van der Waals surface area contributed by atoms with Crippen molar-refractivity contribution in [3.63, 3.8) is 0 Å². The molecular formula is C22H18N4O. The van der Waals surface area contributed by atoms with Gasteiger partial charge in [-0.25, -0.2) is 0 Å². The minimum Gasteiger partial charge on any atom is -0.488 e. The number of nitrogens with one attached hydrogen (secondary N) is 1. The molecule has 1 aromatic heterocycles. The highest BCUT2D eigenvalue weighted by molar-refractivity contribution is 5.79.